The van der Waals surface area contributed by atoms with Gasteiger partial charge >= 0.3 is 0 Å². The second kappa shape index (κ2) is 5.72. The van der Waals surface area contributed by atoms with Gasteiger partial charge in [0.2, 0.25) is 11.9 Å². The molecule has 0 atom stereocenters. The quantitative estimate of drug-likeness (QED) is 0.770. The van der Waals surface area contributed by atoms with Crippen molar-refractivity contribution in [2.24, 2.45) is 5.73 Å². The van der Waals surface area contributed by atoms with Crippen LogP contribution < -0.4 is 11.1 Å². The fourth-order valence-corrected chi connectivity index (χ4v) is 1.64. The van der Waals surface area contributed by atoms with Gasteiger partial charge in [0.05, 0.1) is 11.9 Å². The number of nitrogens with one attached hydrogen (secondary N) is 1. The SMILES string of the molecule is Cc1cc(Cl)nc(NC(=O)Cn2cc(CN)nn2)n1. The molecule has 0 aliphatic rings. The van der Waals surface area contributed by atoms with Crippen molar-refractivity contribution in [1.29, 1.82) is 0 Å². The highest BCUT2D eigenvalue weighted by atomic mass is 35.5. The zero-order valence-corrected chi connectivity index (χ0v) is 10.9. The normalized spacial score (nSPS) is 10.5. The molecule has 19 heavy (non-hydrogen) atoms. The van der Waals surface area contributed by atoms with E-state index in [1.165, 1.54) is 4.68 Å². The van der Waals surface area contributed by atoms with Crippen LogP contribution in [0.5, 0.6) is 0 Å². The van der Waals surface area contributed by atoms with Gasteiger partial charge in [0, 0.05) is 12.2 Å². The fraction of sp³-hybridized carbons (Fsp3) is 0.300. The molecule has 0 saturated carbocycles. The van der Waals surface area contributed by atoms with Crippen molar-refractivity contribution in [3.8, 4) is 0 Å². The topological polar surface area (TPSA) is 112 Å². The maximum absolute atomic E-state index is 11.7. The minimum absolute atomic E-state index is 0.00191. The third-order valence-corrected chi connectivity index (χ3v) is 2.37. The minimum atomic E-state index is -0.324. The van der Waals surface area contributed by atoms with Crippen molar-refractivity contribution in [3.05, 3.63) is 28.8 Å². The standard InChI is InChI=1S/C10H12ClN7O/c1-6-2-8(11)14-10(13-6)15-9(19)5-18-4-7(3-12)16-17-18/h2,4H,3,5,12H2,1H3,(H,13,14,15,19). The summed E-state index contributed by atoms with van der Waals surface area (Å²) in [4.78, 5) is 19.7. The summed E-state index contributed by atoms with van der Waals surface area (Å²) in [5, 5.41) is 10.3. The molecule has 0 bridgehead atoms. The zero-order chi connectivity index (χ0) is 13.8. The molecular formula is C10H12ClN7O. The number of amides is 1. The molecular weight excluding hydrogens is 270 g/mol. The van der Waals surface area contributed by atoms with Gasteiger partial charge in [-0.15, -0.1) is 5.10 Å². The predicted molar refractivity (Wildman–Crippen MR) is 68.3 cm³/mol. The number of nitrogens with two attached hydrogens (primary N) is 1. The smallest absolute Gasteiger partial charge is 0.248 e. The van der Waals surface area contributed by atoms with Gasteiger partial charge in [-0.3, -0.25) is 10.1 Å². The lowest BCUT2D eigenvalue weighted by Gasteiger charge is -2.04. The summed E-state index contributed by atoms with van der Waals surface area (Å²) in [5.74, 6) is -0.163. The number of aromatic nitrogens is 5. The lowest BCUT2D eigenvalue weighted by atomic mass is 10.4. The largest absolute Gasteiger partial charge is 0.325 e. The van der Waals surface area contributed by atoms with Crippen molar-refractivity contribution < 1.29 is 4.79 Å². The Labute approximate surface area is 114 Å². The molecule has 2 heterocycles. The van der Waals surface area contributed by atoms with Gasteiger partial charge in [-0.25, -0.2) is 14.6 Å². The molecule has 0 spiro atoms. The highest BCUT2D eigenvalue weighted by Gasteiger charge is 2.08. The average molecular weight is 282 g/mol. The van der Waals surface area contributed by atoms with Gasteiger partial charge in [0.15, 0.2) is 0 Å². The number of halogens is 1. The molecule has 0 aliphatic carbocycles. The highest BCUT2D eigenvalue weighted by Crippen LogP contribution is 2.09. The molecule has 2 aromatic heterocycles. The summed E-state index contributed by atoms with van der Waals surface area (Å²) in [6, 6.07) is 1.60. The van der Waals surface area contributed by atoms with Crippen LogP contribution in [0.2, 0.25) is 5.15 Å². The number of aryl methyl sites for hydroxylation is 1. The lowest BCUT2D eigenvalue weighted by molar-refractivity contribution is -0.117. The first-order valence-electron chi connectivity index (χ1n) is 5.47. The number of anilines is 1. The third kappa shape index (κ3) is 3.70. The van der Waals surface area contributed by atoms with Crippen LogP contribution in [0.1, 0.15) is 11.4 Å². The summed E-state index contributed by atoms with van der Waals surface area (Å²) in [7, 11) is 0. The number of carbonyl (C=O) groups excluding carboxylic acids is 1. The number of carbonyl (C=O) groups is 1. The van der Waals surface area contributed by atoms with E-state index in [1.807, 2.05) is 0 Å². The van der Waals surface area contributed by atoms with Crippen molar-refractivity contribution in [2.45, 2.75) is 20.0 Å². The van der Waals surface area contributed by atoms with Crippen LogP contribution >= 0.6 is 11.6 Å². The molecule has 0 saturated heterocycles. The second-order valence-corrected chi connectivity index (χ2v) is 4.20. The Balaban J connectivity index is 2.00. The van der Waals surface area contributed by atoms with Crippen LogP contribution in [0.4, 0.5) is 5.95 Å². The summed E-state index contributed by atoms with van der Waals surface area (Å²) in [5.41, 5.74) is 6.68. The Morgan fingerprint density at radius 3 is 2.95 bits per heavy atom. The monoisotopic (exact) mass is 281 g/mol. The maximum atomic E-state index is 11.7. The number of rotatable bonds is 4. The molecule has 2 rings (SSSR count). The second-order valence-electron chi connectivity index (χ2n) is 3.82. The molecule has 100 valence electrons. The van der Waals surface area contributed by atoms with Crippen molar-refractivity contribution >= 4 is 23.5 Å². The number of hydrogen-bond donors (Lipinski definition) is 2. The Morgan fingerprint density at radius 2 is 2.32 bits per heavy atom. The zero-order valence-electron chi connectivity index (χ0n) is 10.2. The Kier molecular flexibility index (Phi) is 4.03. The first kappa shape index (κ1) is 13.4. The average Bonchev–Trinajstić information content (AvgIpc) is 2.74. The number of hydrogen-bond acceptors (Lipinski definition) is 6. The van der Waals surface area contributed by atoms with Gasteiger partial charge < -0.3 is 5.73 Å². The highest BCUT2D eigenvalue weighted by molar-refractivity contribution is 6.29. The van der Waals surface area contributed by atoms with Crippen LogP contribution in [-0.2, 0) is 17.9 Å². The third-order valence-electron chi connectivity index (χ3n) is 2.18. The van der Waals surface area contributed by atoms with Gasteiger partial charge in [0.25, 0.3) is 0 Å². The molecule has 0 fully saturated rings. The lowest BCUT2D eigenvalue weighted by Crippen LogP contribution is -2.20. The summed E-state index contributed by atoms with van der Waals surface area (Å²) < 4.78 is 1.38. The molecule has 0 aromatic carbocycles. The molecule has 2 aromatic rings. The van der Waals surface area contributed by atoms with Crippen LogP contribution in [-0.4, -0.2) is 30.9 Å². The molecule has 1 amide bonds. The Hall–Kier alpha value is -2.06. The Bertz CT molecular complexity index is 577. The predicted octanol–water partition coefficient (Wildman–Crippen LogP) is 0.127. The minimum Gasteiger partial charge on any atom is -0.325 e. The fourth-order valence-electron chi connectivity index (χ4n) is 1.41. The summed E-state index contributed by atoms with van der Waals surface area (Å²) in [6.45, 7) is 2.04. The van der Waals surface area contributed by atoms with E-state index in [4.69, 9.17) is 17.3 Å². The van der Waals surface area contributed by atoms with E-state index in [2.05, 4.69) is 25.6 Å². The van der Waals surface area contributed by atoms with E-state index in [0.717, 1.165) is 0 Å². The number of nitrogens with zero attached hydrogens (tertiary/aromatic N) is 5. The van der Waals surface area contributed by atoms with Crippen LogP contribution in [0.3, 0.4) is 0 Å². The van der Waals surface area contributed by atoms with Crippen molar-refractivity contribution in [1.82, 2.24) is 25.0 Å². The Morgan fingerprint density at radius 1 is 1.53 bits per heavy atom. The molecule has 0 unspecified atom stereocenters. The van der Waals surface area contributed by atoms with E-state index in [0.29, 0.717) is 11.4 Å². The van der Waals surface area contributed by atoms with Gasteiger partial charge in [-0.05, 0) is 13.0 Å². The van der Waals surface area contributed by atoms with Crippen LogP contribution in [0, 0.1) is 6.92 Å². The van der Waals surface area contributed by atoms with E-state index >= 15 is 0 Å². The summed E-state index contributed by atoms with van der Waals surface area (Å²) in [6.07, 6.45) is 1.60. The van der Waals surface area contributed by atoms with Gasteiger partial charge in [0.1, 0.15) is 11.7 Å². The van der Waals surface area contributed by atoms with Gasteiger partial charge in [-0.1, -0.05) is 16.8 Å². The molecule has 3 N–H and O–H groups in total. The van der Waals surface area contributed by atoms with E-state index in [-0.39, 0.29) is 30.1 Å². The first-order chi connectivity index (χ1) is 9.06. The van der Waals surface area contributed by atoms with E-state index in [1.54, 1.807) is 19.2 Å². The van der Waals surface area contributed by atoms with Crippen molar-refractivity contribution in [3.63, 3.8) is 0 Å². The van der Waals surface area contributed by atoms with E-state index < -0.39 is 0 Å². The van der Waals surface area contributed by atoms with E-state index in [9.17, 15) is 4.79 Å². The van der Waals surface area contributed by atoms with Crippen LogP contribution in [0.25, 0.3) is 0 Å². The first-order valence-corrected chi connectivity index (χ1v) is 5.84. The van der Waals surface area contributed by atoms with Gasteiger partial charge in [-0.2, -0.15) is 0 Å². The maximum Gasteiger partial charge on any atom is 0.248 e. The molecule has 0 radical (unpaired) electrons. The van der Waals surface area contributed by atoms with Crippen molar-refractivity contribution in [2.75, 3.05) is 5.32 Å². The molecule has 8 nitrogen and oxygen atoms in total. The molecule has 9 heteroatoms. The van der Waals surface area contributed by atoms with Crippen LogP contribution in [0.15, 0.2) is 12.3 Å². The summed E-state index contributed by atoms with van der Waals surface area (Å²) >= 11 is 5.77. The molecule has 0 aliphatic heterocycles.